The number of carboxylic acid groups (broad SMARTS) is 1. The first-order chi connectivity index (χ1) is 8.61. The Morgan fingerprint density at radius 2 is 2.33 bits per heavy atom. The number of hydrogen-bond donors (Lipinski definition) is 4. The first-order valence-corrected chi connectivity index (χ1v) is 5.86. The van der Waals surface area contributed by atoms with Crippen LogP contribution in [0.1, 0.15) is 25.6 Å². The fraction of sp³-hybridized carbons (Fsp3) is 0.545. The number of rotatable bonds is 7. The molecule has 0 saturated carbocycles. The van der Waals surface area contributed by atoms with E-state index in [1.165, 1.54) is 0 Å². The van der Waals surface area contributed by atoms with Crippen LogP contribution in [0.15, 0.2) is 12.4 Å². The Morgan fingerprint density at radius 3 is 2.89 bits per heavy atom. The summed E-state index contributed by atoms with van der Waals surface area (Å²) in [5, 5.41) is 13.9. The maximum atomic E-state index is 11.5. The number of aliphatic carboxylic acids is 1. The minimum absolute atomic E-state index is 0.0674. The summed E-state index contributed by atoms with van der Waals surface area (Å²) in [6.45, 7) is 2.28. The highest BCUT2D eigenvalue weighted by Crippen LogP contribution is 1.97. The smallest absolute Gasteiger partial charge is 0.315 e. The van der Waals surface area contributed by atoms with Gasteiger partial charge in [-0.05, 0) is 6.42 Å². The number of imidazole rings is 1. The molecule has 0 bridgehead atoms. The number of aromatic amines is 1. The van der Waals surface area contributed by atoms with Crippen molar-refractivity contribution in [1.29, 1.82) is 0 Å². The van der Waals surface area contributed by atoms with Crippen LogP contribution >= 0.6 is 0 Å². The van der Waals surface area contributed by atoms with Crippen molar-refractivity contribution in [2.45, 2.75) is 32.2 Å². The van der Waals surface area contributed by atoms with Gasteiger partial charge in [0.05, 0.1) is 6.42 Å². The number of carbonyl (C=O) groups is 2. The van der Waals surface area contributed by atoms with Gasteiger partial charge < -0.3 is 20.7 Å². The molecule has 18 heavy (non-hydrogen) atoms. The molecule has 1 unspecified atom stereocenters. The van der Waals surface area contributed by atoms with Crippen molar-refractivity contribution in [2.75, 3.05) is 6.54 Å². The van der Waals surface area contributed by atoms with Crippen molar-refractivity contribution in [3.63, 3.8) is 0 Å². The molecule has 7 heteroatoms. The van der Waals surface area contributed by atoms with Gasteiger partial charge in [-0.1, -0.05) is 6.92 Å². The second-order valence-electron chi connectivity index (χ2n) is 3.89. The van der Waals surface area contributed by atoms with E-state index in [0.717, 1.165) is 5.82 Å². The molecule has 0 spiro atoms. The number of carbonyl (C=O) groups excluding carboxylic acids is 1. The quantitative estimate of drug-likeness (QED) is 0.568. The van der Waals surface area contributed by atoms with Gasteiger partial charge in [0.15, 0.2) is 0 Å². The molecular weight excluding hydrogens is 236 g/mol. The molecule has 4 N–H and O–H groups in total. The summed E-state index contributed by atoms with van der Waals surface area (Å²) in [5.74, 6) is -0.120. The molecule has 0 aromatic carbocycles. The van der Waals surface area contributed by atoms with E-state index in [4.69, 9.17) is 5.11 Å². The predicted molar refractivity (Wildman–Crippen MR) is 65.2 cm³/mol. The third-order valence-corrected chi connectivity index (χ3v) is 2.45. The fourth-order valence-corrected chi connectivity index (χ4v) is 1.47. The molecule has 1 aromatic rings. The Hall–Kier alpha value is -2.05. The van der Waals surface area contributed by atoms with Crippen LogP contribution in [-0.2, 0) is 11.2 Å². The number of amides is 2. The Kier molecular flexibility index (Phi) is 5.69. The maximum Gasteiger partial charge on any atom is 0.315 e. The van der Waals surface area contributed by atoms with Crippen LogP contribution in [0.5, 0.6) is 0 Å². The zero-order valence-corrected chi connectivity index (χ0v) is 10.3. The van der Waals surface area contributed by atoms with Crippen molar-refractivity contribution in [2.24, 2.45) is 0 Å². The van der Waals surface area contributed by atoms with Crippen LogP contribution in [0.3, 0.4) is 0 Å². The molecule has 0 radical (unpaired) electrons. The van der Waals surface area contributed by atoms with Crippen molar-refractivity contribution in [1.82, 2.24) is 20.6 Å². The minimum atomic E-state index is -0.919. The van der Waals surface area contributed by atoms with Crippen molar-refractivity contribution in [3.05, 3.63) is 18.2 Å². The molecule has 0 aliphatic carbocycles. The third kappa shape index (κ3) is 5.33. The lowest BCUT2D eigenvalue weighted by atomic mass is 10.1. The molecule has 1 rings (SSSR count). The zero-order chi connectivity index (χ0) is 13.4. The molecule has 0 fully saturated rings. The minimum Gasteiger partial charge on any atom is -0.481 e. The number of aromatic nitrogens is 2. The Morgan fingerprint density at radius 1 is 1.56 bits per heavy atom. The van der Waals surface area contributed by atoms with Gasteiger partial charge in [-0.3, -0.25) is 4.79 Å². The molecule has 2 amide bonds. The van der Waals surface area contributed by atoms with Gasteiger partial charge in [-0.25, -0.2) is 9.78 Å². The number of nitrogens with zero attached hydrogens (tertiary/aromatic N) is 1. The van der Waals surface area contributed by atoms with E-state index >= 15 is 0 Å². The van der Waals surface area contributed by atoms with Gasteiger partial charge in [-0.15, -0.1) is 0 Å². The van der Waals surface area contributed by atoms with Crippen LogP contribution in [0.25, 0.3) is 0 Å². The average Bonchev–Trinajstić information content (AvgIpc) is 2.80. The Balaban J connectivity index is 2.21. The highest BCUT2D eigenvalue weighted by molar-refractivity contribution is 5.75. The summed E-state index contributed by atoms with van der Waals surface area (Å²) in [6.07, 6.45) is 4.49. The molecule has 0 aliphatic heterocycles. The van der Waals surface area contributed by atoms with Gasteiger partial charge in [0.2, 0.25) is 0 Å². The van der Waals surface area contributed by atoms with Crippen molar-refractivity contribution < 1.29 is 14.7 Å². The lowest BCUT2D eigenvalue weighted by Gasteiger charge is -2.15. The zero-order valence-electron chi connectivity index (χ0n) is 10.3. The van der Waals surface area contributed by atoms with Crippen LogP contribution < -0.4 is 10.6 Å². The molecule has 100 valence electrons. The highest BCUT2D eigenvalue weighted by Gasteiger charge is 2.13. The maximum absolute atomic E-state index is 11.5. The largest absolute Gasteiger partial charge is 0.481 e. The lowest BCUT2D eigenvalue weighted by Crippen LogP contribution is -2.43. The molecular formula is C11H18N4O3. The highest BCUT2D eigenvalue weighted by atomic mass is 16.4. The van der Waals surface area contributed by atoms with Gasteiger partial charge in [0.25, 0.3) is 0 Å². The molecule has 1 heterocycles. The second-order valence-corrected chi connectivity index (χ2v) is 3.89. The molecule has 0 aliphatic rings. The van der Waals surface area contributed by atoms with Crippen molar-refractivity contribution in [3.8, 4) is 0 Å². The predicted octanol–water partition coefficient (Wildman–Crippen LogP) is 0.505. The molecule has 1 atom stereocenters. The second kappa shape index (κ2) is 7.31. The summed E-state index contributed by atoms with van der Waals surface area (Å²) in [6, 6.07) is -0.694. The standard InChI is InChI=1S/C11H18N4O3/c1-2-8(7-10(16)17)15-11(18)14-4-3-9-12-5-6-13-9/h5-6,8H,2-4,7H2,1H3,(H,12,13)(H,16,17)(H2,14,15,18). The average molecular weight is 254 g/mol. The van der Waals surface area contributed by atoms with Crippen molar-refractivity contribution >= 4 is 12.0 Å². The number of nitrogens with one attached hydrogen (secondary N) is 3. The summed E-state index contributed by atoms with van der Waals surface area (Å²) in [5.41, 5.74) is 0. The Labute approximate surface area is 105 Å². The van der Waals surface area contributed by atoms with Crippen LogP contribution in [0.2, 0.25) is 0 Å². The first kappa shape index (κ1) is 14.0. The molecule has 7 nitrogen and oxygen atoms in total. The van der Waals surface area contributed by atoms with E-state index in [-0.39, 0.29) is 18.5 Å². The first-order valence-electron chi connectivity index (χ1n) is 5.86. The molecule has 0 saturated heterocycles. The molecule has 1 aromatic heterocycles. The third-order valence-electron chi connectivity index (χ3n) is 2.45. The normalized spacial score (nSPS) is 11.8. The summed E-state index contributed by atoms with van der Waals surface area (Å²) in [4.78, 5) is 29.0. The number of hydrogen-bond acceptors (Lipinski definition) is 3. The number of urea groups is 1. The van der Waals surface area contributed by atoms with Crippen LogP contribution in [-0.4, -0.2) is 39.7 Å². The van der Waals surface area contributed by atoms with E-state index in [1.807, 2.05) is 6.92 Å². The topological polar surface area (TPSA) is 107 Å². The van der Waals surface area contributed by atoms with Crippen LogP contribution in [0, 0.1) is 0 Å². The van der Waals surface area contributed by atoms with Gasteiger partial charge in [0.1, 0.15) is 5.82 Å². The monoisotopic (exact) mass is 254 g/mol. The lowest BCUT2D eigenvalue weighted by molar-refractivity contribution is -0.137. The number of carboxylic acids is 1. The van der Waals surface area contributed by atoms with Gasteiger partial charge in [0, 0.05) is 31.4 Å². The van der Waals surface area contributed by atoms with Gasteiger partial charge in [-0.2, -0.15) is 0 Å². The summed E-state index contributed by atoms with van der Waals surface area (Å²) in [7, 11) is 0. The summed E-state index contributed by atoms with van der Waals surface area (Å²) < 4.78 is 0. The van der Waals surface area contributed by atoms with E-state index in [0.29, 0.717) is 19.4 Å². The SMILES string of the molecule is CCC(CC(=O)O)NC(=O)NCCc1ncc[nH]1. The summed E-state index contributed by atoms with van der Waals surface area (Å²) >= 11 is 0. The Bertz CT molecular complexity index is 378. The fourth-order valence-electron chi connectivity index (χ4n) is 1.47. The van der Waals surface area contributed by atoms with E-state index < -0.39 is 5.97 Å². The number of H-pyrrole nitrogens is 1. The van der Waals surface area contributed by atoms with E-state index in [2.05, 4.69) is 20.6 Å². The van der Waals surface area contributed by atoms with Crippen LogP contribution in [0.4, 0.5) is 4.79 Å². The van der Waals surface area contributed by atoms with E-state index in [1.54, 1.807) is 12.4 Å². The van der Waals surface area contributed by atoms with E-state index in [9.17, 15) is 9.59 Å². The van der Waals surface area contributed by atoms with Gasteiger partial charge >= 0.3 is 12.0 Å².